The monoisotopic (exact) mass is 216 g/mol. The van der Waals surface area contributed by atoms with Crippen LogP contribution in [0.2, 0.25) is 0 Å². The Kier molecular flexibility index (Phi) is 5.51. The number of pyridine rings is 1. The first-order chi connectivity index (χ1) is 7.77. The summed E-state index contributed by atoms with van der Waals surface area (Å²) in [4.78, 5) is 4.38. The summed E-state index contributed by atoms with van der Waals surface area (Å²) in [6.07, 6.45) is 0. The lowest BCUT2D eigenvalue weighted by Gasteiger charge is -1.95. The molecule has 1 heterocycles. The van der Waals surface area contributed by atoms with E-state index in [0.717, 1.165) is 24.3 Å². The van der Waals surface area contributed by atoms with Gasteiger partial charge in [0, 0.05) is 11.1 Å². The Hall–Kier alpha value is -1.41. The molecular formula is C14H20N2. The van der Waals surface area contributed by atoms with Crippen LogP contribution in [-0.4, -0.2) is 18.1 Å². The van der Waals surface area contributed by atoms with Crippen molar-refractivity contribution in [3.05, 3.63) is 42.1 Å². The Bertz CT molecular complexity index is 422. The van der Waals surface area contributed by atoms with E-state index in [1.807, 2.05) is 31.2 Å². The predicted octanol–water partition coefficient (Wildman–Crippen LogP) is 3.16. The van der Waals surface area contributed by atoms with Crippen LogP contribution in [0.3, 0.4) is 0 Å². The molecule has 0 aliphatic rings. The van der Waals surface area contributed by atoms with Crippen LogP contribution >= 0.6 is 0 Å². The van der Waals surface area contributed by atoms with Crippen molar-refractivity contribution in [2.45, 2.75) is 20.8 Å². The third-order valence-electron chi connectivity index (χ3n) is 2.24. The summed E-state index contributed by atoms with van der Waals surface area (Å²) in [6.45, 7) is 8.40. The summed E-state index contributed by atoms with van der Waals surface area (Å²) in [7, 11) is 0. The van der Waals surface area contributed by atoms with Gasteiger partial charge in [0.1, 0.15) is 0 Å². The summed E-state index contributed by atoms with van der Waals surface area (Å²) < 4.78 is 0. The molecule has 0 radical (unpaired) electrons. The lowest BCUT2D eigenvalue weighted by molar-refractivity contribution is 0.762. The maximum atomic E-state index is 4.38. The van der Waals surface area contributed by atoms with E-state index in [1.54, 1.807) is 0 Å². The van der Waals surface area contributed by atoms with E-state index in [4.69, 9.17) is 0 Å². The highest BCUT2D eigenvalue weighted by Gasteiger charge is 1.90. The highest BCUT2D eigenvalue weighted by molar-refractivity contribution is 5.78. The van der Waals surface area contributed by atoms with Crippen LogP contribution in [0.25, 0.3) is 10.9 Å². The van der Waals surface area contributed by atoms with Gasteiger partial charge in [0.2, 0.25) is 0 Å². The fourth-order valence-corrected chi connectivity index (χ4v) is 1.42. The Balaban J connectivity index is 0.000000221. The first-order valence-electron chi connectivity index (χ1n) is 5.81. The Morgan fingerprint density at radius 2 is 1.69 bits per heavy atom. The minimum atomic E-state index is 1.07. The molecule has 2 aromatic rings. The Labute approximate surface area is 97.7 Å². The van der Waals surface area contributed by atoms with Crippen molar-refractivity contribution in [2.24, 2.45) is 0 Å². The second kappa shape index (κ2) is 6.96. The van der Waals surface area contributed by atoms with E-state index < -0.39 is 0 Å². The molecule has 0 unspecified atom stereocenters. The molecular weight excluding hydrogens is 196 g/mol. The molecule has 0 fully saturated rings. The second-order valence-electron chi connectivity index (χ2n) is 3.60. The fourth-order valence-electron chi connectivity index (χ4n) is 1.42. The lowest BCUT2D eigenvalue weighted by atomic mass is 10.2. The van der Waals surface area contributed by atoms with Gasteiger partial charge < -0.3 is 5.32 Å². The highest BCUT2D eigenvalue weighted by Crippen LogP contribution is 2.10. The molecule has 1 N–H and O–H groups in total. The number of nitrogens with zero attached hydrogens (tertiary/aromatic N) is 1. The number of benzene rings is 1. The Morgan fingerprint density at radius 3 is 2.31 bits per heavy atom. The van der Waals surface area contributed by atoms with Crippen molar-refractivity contribution in [3.63, 3.8) is 0 Å². The smallest absolute Gasteiger partial charge is 0.0705 e. The normalized spacial score (nSPS) is 9.69. The van der Waals surface area contributed by atoms with E-state index in [9.17, 15) is 0 Å². The molecule has 0 atom stereocenters. The van der Waals surface area contributed by atoms with Crippen molar-refractivity contribution < 1.29 is 0 Å². The molecule has 0 aliphatic carbocycles. The van der Waals surface area contributed by atoms with E-state index in [0.29, 0.717) is 0 Å². The molecule has 0 amide bonds. The quantitative estimate of drug-likeness (QED) is 0.834. The van der Waals surface area contributed by atoms with E-state index in [2.05, 4.69) is 36.3 Å². The molecule has 86 valence electrons. The van der Waals surface area contributed by atoms with E-state index in [1.165, 1.54) is 5.39 Å². The van der Waals surface area contributed by atoms with Crippen LogP contribution in [0.15, 0.2) is 36.4 Å². The second-order valence-corrected chi connectivity index (χ2v) is 3.60. The van der Waals surface area contributed by atoms with Gasteiger partial charge in [0.15, 0.2) is 0 Å². The topological polar surface area (TPSA) is 24.9 Å². The molecule has 0 bridgehead atoms. The van der Waals surface area contributed by atoms with Crippen molar-refractivity contribution in [2.75, 3.05) is 13.1 Å². The number of nitrogens with one attached hydrogen (secondary N) is 1. The van der Waals surface area contributed by atoms with Gasteiger partial charge >= 0.3 is 0 Å². The number of aromatic nitrogens is 1. The number of aryl methyl sites for hydroxylation is 1. The first-order valence-corrected chi connectivity index (χ1v) is 5.81. The van der Waals surface area contributed by atoms with Gasteiger partial charge in [-0.3, -0.25) is 4.98 Å². The van der Waals surface area contributed by atoms with Crippen molar-refractivity contribution in [3.8, 4) is 0 Å². The number of para-hydroxylation sites is 1. The molecule has 16 heavy (non-hydrogen) atoms. The third kappa shape index (κ3) is 3.99. The Morgan fingerprint density at radius 1 is 1.00 bits per heavy atom. The molecule has 2 heteroatoms. The van der Waals surface area contributed by atoms with Crippen molar-refractivity contribution >= 4 is 10.9 Å². The van der Waals surface area contributed by atoms with Gasteiger partial charge in [-0.05, 0) is 32.1 Å². The van der Waals surface area contributed by atoms with Gasteiger partial charge in [-0.25, -0.2) is 0 Å². The molecule has 1 aromatic carbocycles. The summed E-state index contributed by atoms with van der Waals surface area (Å²) in [6, 6.07) is 12.3. The maximum absolute atomic E-state index is 4.38. The standard InChI is InChI=1S/C10H9N.C4H11N/c1-8-6-7-9-4-2-3-5-10(9)11-8;1-3-5-4-2/h2-7H,1H3;5H,3-4H2,1-2H3. The van der Waals surface area contributed by atoms with Crippen LogP contribution < -0.4 is 5.32 Å². The van der Waals surface area contributed by atoms with Gasteiger partial charge in [-0.1, -0.05) is 38.1 Å². The number of fused-ring (bicyclic) bond motifs is 1. The number of rotatable bonds is 2. The molecule has 0 saturated heterocycles. The zero-order valence-electron chi connectivity index (χ0n) is 10.3. The van der Waals surface area contributed by atoms with Crippen LogP contribution in [-0.2, 0) is 0 Å². The molecule has 0 spiro atoms. The largest absolute Gasteiger partial charge is 0.317 e. The van der Waals surface area contributed by atoms with Gasteiger partial charge in [0.05, 0.1) is 5.52 Å². The van der Waals surface area contributed by atoms with E-state index in [-0.39, 0.29) is 0 Å². The lowest BCUT2D eigenvalue weighted by Crippen LogP contribution is -2.09. The summed E-state index contributed by atoms with van der Waals surface area (Å²) in [5, 5.41) is 4.32. The van der Waals surface area contributed by atoms with E-state index >= 15 is 0 Å². The minimum Gasteiger partial charge on any atom is -0.317 e. The molecule has 0 saturated carbocycles. The minimum absolute atomic E-state index is 1.07. The van der Waals surface area contributed by atoms with Crippen LogP contribution in [0.5, 0.6) is 0 Å². The number of hydrogen-bond acceptors (Lipinski definition) is 2. The average Bonchev–Trinajstić information content (AvgIpc) is 2.31. The zero-order valence-corrected chi connectivity index (χ0v) is 10.3. The predicted molar refractivity (Wildman–Crippen MR) is 70.7 cm³/mol. The number of hydrogen-bond donors (Lipinski definition) is 1. The SMILES string of the molecule is CCNCC.Cc1ccc2ccccc2n1. The maximum Gasteiger partial charge on any atom is 0.0705 e. The van der Waals surface area contributed by atoms with Gasteiger partial charge in [0.25, 0.3) is 0 Å². The average molecular weight is 216 g/mol. The van der Waals surface area contributed by atoms with Crippen LogP contribution in [0.4, 0.5) is 0 Å². The fraction of sp³-hybridized carbons (Fsp3) is 0.357. The van der Waals surface area contributed by atoms with Crippen molar-refractivity contribution in [1.29, 1.82) is 0 Å². The summed E-state index contributed by atoms with van der Waals surface area (Å²) >= 11 is 0. The zero-order chi connectivity index (χ0) is 11.8. The van der Waals surface area contributed by atoms with Gasteiger partial charge in [-0.15, -0.1) is 0 Å². The first kappa shape index (κ1) is 12.7. The highest BCUT2D eigenvalue weighted by atomic mass is 14.8. The molecule has 1 aromatic heterocycles. The summed E-state index contributed by atoms with van der Waals surface area (Å²) in [5.41, 5.74) is 2.15. The summed E-state index contributed by atoms with van der Waals surface area (Å²) in [5.74, 6) is 0. The van der Waals surface area contributed by atoms with Crippen LogP contribution in [0.1, 0.15) is 19.5 Å². The van der Waals surface area contributed by atoms with Gasteiger partial charge in [-0.2, -0.15) is 0 Å². The van der Waals surface area contributed by atoms with Crippen molar-refractivity contribution in [1.82, 2.24) is 10.3 Å². The van der Waals surface area contributed by atoms with Crippen LogP contribution in [0, 0.1) is 6.92 Å². The molecule has 2 nitrogen and oxygen atoms in total. The molecule has 0 aliphatic heterocycles. The third-order valence-corrected chi connectivity index (χ3v) is 2.24. The molecule has 2 rings (SSSR count).